The van der Waals surface area contributed by atoms with E-state index in [2.05, 4.69) is 0 Å². The Labute approximate surface area is 104 Å². The third-order valence-corrected chi connectivity index (χ3v) is 8.75. The van der Waals surface area contributed by atoms with E-state index in [9.17, 15) is 19.2 Å². The van der Waals surface area contributed by atoms with Crippen molar-refractivity contribution in [3.63, 3.8) is 0 Å². The second-order valence-electron chi connectivity index (χ2n) is 4.47. The molecule has 0 aliphatic carbocycles. The van der Waals surface area contributed by atoms with Gasteiger partial charge in [0, 0.05) is 0 Å². The van der Waals surface area contributed by atoms with Gasteiger partial charge < -0.3 is 22.9 Å². The van der Waals surface area contributed by atoms with Crippen LogP contribution in [0.1, 0.15) is 19.3 Å². The monoisotopic (exact) mass is 272 g/mol. The van der Waals surface area contributed by atoms with Gasteiger partial charge in [0.05, 0.1) is 0 Å². The minimum atomic E-state index is -3.91. The van der Waals surface area contributed by atoms with Gasteiger partial charge in [-0.1, -0.05) is 12.8 Å². The molecule has 1 fully saturated rings. The molecule has 0 aromatic carbocycles. The molecule has 0 radical (unpaired) electrons. The number of nitrogens with two attached hydrogens (primary N) is 4. The summed E-state index contributed by atoms with van der Waals surface area (Å²) in [5, 5.41) is -2.00. The highest BCUT2D eigenvalue weighted by molar-refractivity contribution is 7.28. The topological polar surface area (TPSA) is 172 Å². The minimum Gasteiger partial charge on any atom is -0.374 e. The van der Waals surface area contributed by atoms with Gasteiger partial charge in [0.25, 0.3) is 8.07 Å². The Morgan fingerprint density at radius 1 is 0.833 bits per heavy atom. The van der Waals surface area contributed by atoms with Crippen LogP contribution in [0, 0.1) is 0 Å². The molecule has 9 heteroatoms. The summed E-state index contributed by atoms with van der Waals surface area (Å²) in [4.78, 5) is 46.8. The maximum atomic E-state index is 11.7. The van der Waals surface area contributed by atoms with Gasteiger partial charge in [-0.15, -0.1) is 0 Å². The quantitative estimate of drug-likeness (QED) is 0.366. The Bertz CT molecular complexity index is 368. The smallest absolute Gasteiger partial charge is 0.285 e. The first-order valence-corrected chi connectivity index (χ1v) is 7.64. The predicted octanol–water partition coefficient (Wildman–Crippen LogP) is -1.35. The third-order valence-electron chi connectivity index (χ3n) is 3.76. The summed E-state index contributed by atoms with van der Waals surface area (Å²) in [6, 6.07) is 0.0313. The molecule has 1 rings (SSSR count). The zero-order valence-corrected chi connectivity index (χ0v) is 10.8. The number of carbonyl (C=O) groups is 4. The number of amides is 4. The van der Waals surface area contributed by atoms with Gasteiger partial charge >= 0.3 is 0 Å². The molecular weight excluding hydrogens is 256 g/mol. The Hall–Kier alpha value is -1.90. The summed E-state index contributed by atoms with van der Waals surface area (Å²) in [5.41, 5.74) is 19.0. The van der Waals surface area contributed by atoms with Crippen LogP contribution in [0.3, 0.4) is 0 Å². The fourth-order valence-corrected chi connectivity index (χ4v) is 7.01. The van der Waals surface area contributed by atoms with E-state index in [1.807, 2.05) is 0 Å². The number of primary amides is 4. The molecule has 8 nitrogen and oxygen atoms in total. The van der Waals surface area contributed by atoms with E-state index in [-0.39, 0.29) is 12.5 Å². The van der Waals surface area contributed by atoms with Gasteiger partial charge in [-0.05, 0) is 12.5 Å². The van der Waals surface area contributed by atoms with Crippen LogP contribution < -0.4 is 22.9 Å². The lowest BCUT2D eigenvalue weighted by molar-refractivity contribution is -0.131. The van der Waals surface area contributed by atoms with Crippen LogP contribution >= 0.6 is 0 Å². The molecule has 1 aliphatic rings. The van der Waals surface area contributed by atoms with E-state index >= 15 is 0 Å². The van der Waals surface area contributed by atoms with Gasteiger partial charge in [0.1, 0.15) is 5.04 Å². The first-order valence-electron chi connectivity index (χ1n) is 5.43. The normalized spacial score (nSPS) is 20.9. The molecule has 0 bridgehead atoms. The van der Waals surface area contributed by atoms with Crippen LogP contribution in [0.25, 0.3) is 0 Å². The first kappa shape index (κ1) is 14.2. The molecule has 1 aliphatic heterocycles. The molecule has 0 atom stereocenters. The first-order chi connectivity index (χ1) is 8.23. The molecular formula is C9H16N4O4Si. The van der Waals surface area contributed by atoms with Gasteiger partial charge in [0.15, 0.2) is 0 Å². The van der Waals surface area contributed by atoms with Crippen molar-refractivity contribution in [2.24, 2.45) is 22.9 Å². The van der Waals surface area contributed by atoms with Crippen LogP contribution in [0.2, 0.25) is 11.1 Å². The van der Waals surface area contributed by atoms with Gasteiger partial charge in [-0.2, -0.15) is 0 Å². The maximum absolute atomic E-state index is 11.7. The summed E-state index contributed by atoms with van der Waals surface area (Å²) in [6.07, 6.45) is 0.900. The van der Waals surface area contributed by atoms with E-state index in [4.69, 9.17) is 22.9 Å². The zero-order chi connectivity index (χ0) is 14.1. The summed E-state index contributed by atoms with van der Waals surface area (Å²) >= 11 is 0. The average molecular weight is 272 g/mol. The fourth-order valence-electron chi connectivity index (χ4n) is 2.78. The lowest BCUT2D eigenvalue weighted by Crippen LogP contribution is -2.73. The Morgan fingerprint density at radius 3 is 1.56 bits per heavy atom. The lowest BCUT2D eigenvalue weighted by Gasteiger charge is -2.43. The van der Waals surface area contributed by atoms with Gasteiger partial charge in [-0.3, -0.25) is 19.2 Å². The highest BCUT2D eigenvalue weighted by Crippen LogP contribution is 2.49. The average Bonchev–Trinajstić information content (AvgIpc) is 2.27. The van der Waals surface area contributed by atoms with Crippen molar-refractivity contribution in [2.45, 2.75) is 30.3 Å². The standard InChI is InChI=1S/C9H16N4O4Si/c10-5(14)9(6(11)15)3-1-2-4-18(9,7(12)16)8(13)17/h1-4H2,(H2,10,14)(H2,11,15)(H2,12,16)(H2,13,17). The van der Waals surface area contributed by atoms with Crippen LogP contribution in [-0.4, -0.2) is 30.9 Å². The maximum Gasteiger partial charge on any atom is 0.285 e. The number of carbonyl (C=O) groups excluding carboxylic acids is 4. The van der Waals surface area contributed by atoms with E-state index in [0.29, 0.717) is 12.8 Å². The number of hydrogen-bond acceptors (Lipinski definition) is 4. The van der Waals surface area contributed by atoms with Gasteiger partial charge in [0.2, 0.25) is 22.9 Å². The SMILES string of the molecule is NC(=O)C1(C(N)=O)CCCC[Si]1(C(N)=O)C(N)=O. The van der Waals surface area contributed by atoms with Crippen molar-refractivity contribution in [1.82, 2.24) is 0 Å². The molecule has 8 N–H and O–H groups in total. The van der Waals surface area contributed by atoms with Crippen molar-refractivity contribution in [3.8, 4) is 0 Å². The van der Waals surface area contributed by atoms with Crippen LogP contribution in [0.4, 0.5) is 9.59 Å². The van der Waals surface area contributed by atoms with E-state index in [0.717, 1.165) is 0 Å². The predicted molar refractivity (Wildman–Crippen MR) is 64.7 cm³/mol. The van der Waals surface area contributed by atoms with Crippen molar-refractivity contribution >= 4 is 30.9 Å². The Morgan fingerprint density at radius 2 is 1.28 bits per heavy atom. The van der Waals surface area contributed by atoms with Crippen molar-refractivity contribution in [1.29, 1.82) is 0 Å². The molecule has 1 saturated heterocycles. The second kappa shape index (κ2) is 4.41. The molecule has 0 aromatic rings. The van der Waals surface area contributed by atoms with E-state index < -0.39 is 36.0 Å². The second-order valence-corrected chi connectivity index (χ2v) is 8.62. The van der Waals surface area contributed by atoms with Crippen molar-refractivity contribution in [3.05, 3.63) is 0 Å². The van der Waals surface area contributed by atoms with Crippen LogP contribution in [-0.2, 0) is 9.59 Å². The molecule has 0 saturated carbocycles. The summed E-state index contributed by atoms with van der Waals surface area (Å²) < 4.78 is 0. The van der Waals surface area contributed by atoms with Gasteiger partial charge in [-0.25, -0.2) is 0 Å². The third kappa shape index (κ3) is 1.50. The van der Waals surface area contributed by atoms with Crippen molar-refractivity contribution < 1.29 is 19.2 Å². The summed E-state index contributed by atoms with van der Waals surface area (Å²) in [6.45, 7) is 0. The van der Waals surface area contributed by atoms with Crippen molar-refractivity contribution in [2.75, 3.05) is 0 Å². The zero-order valence-electron chi connectivity index (χ0n) is 9.77. The molecule has 4 amide bonds. The highest BCUT2D eigenvalue weighted by atomic mass is 28.3. The summed E-state index contributed by atoms with van der Waals surface area (Å²) in [5.74, 6) is -2.17. The molecule has 18 heavy (non-hydrogen) atoms. The Balaban J connectivity index is 3.61. The fraction of sp³-hybridized carbons (Fsp3) is 0.556. The molecule has 0 aromatic heterocycles. The molecule has 1 heterocycles. The highest BCUT2D eigenvalue weighted by Gasteiger charge is 2.70. The lowest BCUT2D eigenvalue weighted by atomic mass is 9.98. The largest absolute Gasteiger partial charge is 0.374 e. The minimum absolute atomic E-state index is 0.0313. The number of hydrogen-bond donors (Lipinski definition) is 4. The van der Waals surface area contributed by atoms with E-state index in [1.165, 1.54) is 0 Å². The summed E-state index contributed by atoms with van der Waals surface area (Å²) in [7, 11) is -3.91. The Kier molecular flexibility index (Phi) is 3.47. The molecule has 0 unspecified atom stereocenters. The molecule has 0 spiro atoms. The molecule has 100 valence electrons. The number of rotatable bonds is 4. The van der Waals surface area contributed by atoms with E-state index in [1.54, 1.807) is 0 Å². The van der Waals surface area contributed by atoms with Crippen LogP contribution in [0.15, 0.2) is 0 Å². The van der Waals surface area contributed by atoms with Crippen LogP contribution in [0.5, 0.6) is 0 Å².